The van der Waals surface area contributed by atoms with Gasteiger partial charge >= 0.3 is 0 Å². The molecule has 2 aromatic carbocycles. The molecule has 0 amide bonds. The van der Waals surface area contributed by atoms with Crippen LogP contribution in [0.2, 0.25) is 0 Å². The van der Waals surface area contributed by atoms with Crippen LogP contribution in [-0.4, -0.2) is 0 Å². The lowest BCUT2D eigenvalue weighted by Crippen LogP contribution is -2.11. The lowest BCUT2D eigenvalue weighted by Gasteiger charge is -2.11. The SMILES string of the molecule is Cc1ccc(C(N)c2cc3cc(F)ccc3o2)c(Br)c1. The molecular formula is C16H13BrFNO. The number of aryl methyl sites for hydroxylation is 1. The van der Waals surface area contributed by atoms with Crippen molar-refractivity contribution in [1.82, 2.24) is 0 Å². The van der Waals surface area contributed by atoms with Crippen LogP contribution < -0.4 is 5.73 Å². The molecule has 4 heteroatoms. The fourth-order valence-electron chi connectivity index (χ4n) is 2.23. The van der Waals surface area contributed by atoms with E-state index in [0.717, 1.165) is 21.0 Å². The maximum absolute atomic E-state index is 13.2. The summed E-state index contributed by atoms with van der Waals surface area (Å²) in [5.74, 6) is 0.338. The summed E-state index contributed by atoms with van der Waals surface area (Å²) in [5.41, 5.74) is 8.98. The molecule has 1 atom stereocenters. The molecule has 3 aromatic rings. The molecule has 0 aliphatic heterocycles. The molecular weight excluding hydrogens is 321 g/mol. The Hall–Kier alpha value is -1.65. The second-order valence-corrected chi connectivity index (χ2v) is 5.69. The fraction of sp³-hybridized carbons (Fsp3) is 0.125. The van der Waals surface area contributed by atoms with E-state index < -0.39 is 0 Å². The Morgan fingerprint density at radius 3 is 2.70 bits per heavy atom. The lowest BCUT2D eigenvalue weighted by molar-refractivity contribution is 0.524. The van der Waals surface area contributed by atoms with Crippen LogP contribution >= 0.6 is 15.9 Å². The Kier molecular flexibility index (Phi) is 3.36. The van der Waals surface area contributed by atoms with E-state index in [1.54, 1.807) is 12.1 Å². The second-order valence-electron chi connectivity index (χ2n) is 4.83. The Bertz CT molecular complexity index is 781. The minimum atomic E-state index is -0.388. The molecule has 3 rings (SSSR count). The van der Waals surface area contributed by atoms with Gasteiger partial charge in [-0.25, -0.2) is 4.39 Å². The molecule has 0 aliphatic rings. The van der Waals surface area contributed by atoms with E-state index in [-0.39, 0.29) is 11.9 Å². The molecule has 0 aliphatic carbocycles. The first-order valence-corrected chi connectivity index (χ1v) is 7.04. The minimum absolute atomic E-state index is 0.282. The van der Waals surface area contributed by atoms with Gasteiger partial charge in [0, 0.05) is 9.86 Å². The second kappa shape index (κ2) is 5.04. The lowest BCUT2D eigenvalue weighted by atomic mass is 10.0. The molecule has 0 spiro atoms. The quantitative estimate of drug-likeness (QED) is 0.738. The number of fused-ring (bicyclic) bond motifs is 1. The molecule has 0 radical (unpaired) electrons. The summed E-state index contributed by atoms with van der Waals surface area (Å²) in [5, 5.41) is 0.721. The van der Waals surface area contributed by atoms with Crippen molar-refractivity contribution in [3.8, 4) is 0 Å². The van der Waals surface area contributed by atoms with E-state index in [1.807, 2.05) is 25.1 Å². The topological polar surface area (TPSA) is 39.2 Å². The van der Waals surface area contributed by atoms with E-state index in [0.29, 0.717) is 11.3 Å². The fourth-order valence-corrected chi connectivity index (χ4v) is 2.97. The predicted molar refractivity (Wildman–Crippen MR) is 81.1 cm³/mol. The summed E-state index contributed by atoms with van der Waals surface area (Å²) >= 11 is 3.52. The van der Waals surface area contributed by atoms with E-state index in [9.17, 15) is 4.39 Å². The maximum atomic E-state index is 13.2. The van der Waals surface area contributed by atoms with Gasteiger partial charge in [0.25, 0.3) is 0 Å². The number of hydrogen-bond donors (Lipinski definition) is 1. The number of rotatable bonds is 2. The van der Waals surface area contributed by atoms with Crippen LogP contribution in [0.25, 0.3) is 11.0 Å². The van der Waals surface area contributed by atoms with Gasteiger partial charge in [-0.15, -0.1) is 0 Å². The van der Waals surface area contributed by atoms with Gasteiger partial charge in [0.2, 0.25) is 0 Å². The van der Waals surface area contributed by atoms with Crippen molar-refractivity contribution in [2.45, 2.75) is 13.0 Å². The first kappa shape index (κ1) is 13.3. The Balaban J connectivity index is 2.05. The maximum Gasteiger partial charge on any atom is 0.134 e. The minimum Gasteiger partial charge on any atom is -0.459 e. The molecule has 1 aromatic heterocycles. The van der Waals surface area contributed by atoms with E-state index in [2.05, 4.69) is 15.9 Å². The summed E-state index contributed by atoms with van der Waals surface area (Å²) in [6.45, 7) is 2.02. The van der Waals surface area contributed by atoms with Crippen LogP contribution in [0.15, 0.2) is 51.4 Å². The molecule has 2 nitrogen and oxygen atoms in total. The van der Waals surface area contributed by atoms with Gasteiger partial charge < -0.3 is 10.2 Å². The van der Waals surface area contributed by atoms with Crippen LogP contribution in [-0.2, 0) is 0 Å². The Morgan fingerprint density at radius 2 is 1.95 bits per heavy atom. The average molecular weight is 334 g/mol. The van der Waals surface area contributed by atoms with Crippen LogP contribution in [0.3, 0.4) is 0 Å². The van der Waals surface area contributed by atoms with Crippen molar-refractivity contribution in [3.05, 3.63) is 69.6 Å². The first-order valence-electron chi connectivity index (χ1n) is 6.25. The molecule has 0 saturated heterocycles. The van der Waals surface area contributed by atoms with Gasteiger partial charge in [-0.2, -0.15) is 0 Å². The highest BCUT2D eigenvalue weighted by Gasteiger charge is 2.17. The zero-order valence-electron chi connectivity index (χ0n) is 10.9. The van der Waals surface area contributed by atoms with Crippen molar-refractivity contribution < 1.29 is 8.81 Å². The average Bonchev–Trinajstić information content (AvgIpc) is 2.81. The van der Waals surface area contributed by atoms with Gasteiger partial charge in [-0.3, -0.25) is 0 Å². The van der Waals surface area contributed by atoms with Crippen LogP contribution in [0.4, 0.5) is 4.39 Å². The number of hydrogen-bond acceptors (Lipinski definition) is 2. The van der Waals surface area contributed by atoms with Gasteiger partial charge in [0.15, 0.2) is 0 Å². The van der Waals surface area contributed by atoms with Crippen molar-refractivity contribution in [2.75, 3.05) is 0 Å². The third kappa shape index (κ3) is 2.37. The van der Waals surface area contributed by atoms with E-state index in [1.165, 1.54) is 12.1 Å². The van der Waals surface area contributed by atoms with Gasteiger partial charge in [0.1, 0.15) is 17.2 Å². The van der Waals surface area contributed by atoms with E-state index in [4.69, 9.17) is 10.2 Å². The molecule has 1 heterocycles. The Morgan fingerprint density at radius 1 is 1.15 bits per heavy atom. The predicted octanol–water partition coefficient (Wildman–Crippen LogP) is 4.69. The zero-order valence-corrected chi connectivity index (χ0v) is 12.4. The number of nitrogens with two attached hydrogens (primary N) is 1. The van der Waals surface area contributed by atoms with Crippen LogP contribution in [0.5, 0.6) is 0 Å². The molecule has 102 valence electrons. The highest BCUT2D eigenvalue weighted by Crippen LogP contribution is 2.31. The molecule has 20 heavy (non-hydrogen) atoms. The summed E-state index contributed by atoms with van der Waals surface area (Å²) in [6, 6.07) is 11.8. The summed E-state index contributed by atoms with van der Waals surface area (Å²) in [4.78, 5) is 0. The largest absolute Gasteiger partial charge is 0.459 e. The third-order valence-electron chi connectivity index (χ3n) is 3.29. The van der Waals surface area contributed by atoms with Crippen molar-refractivity contribution >= 4 is 26.9 Å². The Labute approximate surface area is 124 Å². The summed E-state index contributed by atoms with van der Waals surface area (Å²) in [7, 11) is 0. The summed E-state index contributed by atoms with van der Waals surface area (Å²) in [6.07, 6.45) is 0. The molecule has 0 bridgehead atoms. The molecule has 0 fully saturated rings. The van der Waals surface area contributed by atoms with Crippen LogP contribution in [0, 0.1) is 12.7 Å². The smallest absolute Gasteiger partial charge is 0.134 e. The standard InChI is InChI=1S/C16H13BrFNO/c1-9-2-4-12(13(17)6-9)16(19)15-8-10-7-11(18)3-5-14(10)20-15/h2-8,16H,19H2,1H3. The van der Waals surface area contributed by atoms with Gasteiger partial charge in [0.05, 0.1) is 6.04 Å². The normalized spacial score (nSPS) is 12.8. The van der Waals surface area contributed by atoms with E-state index >= 15 is 0 Å². The molecule has 2 N–H and O–H groups in total. The van der Waals surface area contributed by atoms with Crippen molar-refractivity contribution in [3.63, 3.8) is 0 Å². The molecule has 0 saturated carbocycles. The van der Waals surface area contributed by atoms with Crippen LogP contribution in [0.1, 0.15) is 22.9 Å². The van der Waals surface area contributed by atoms with Crippen molar-refractivity contribution in [1.29, 1.82) is 0 Å². The highest BCUT2D eigenvalue weighted by atomic mass is 79.9. The monoisotopic (exact) mass is 333 g/mol. The van der Waals surface area contributed by atoms with Gasteiger partial charge in [-0.05, 0) is 48.4 Å². The summed E-state index contributed by atoms with van der Waals surface area (Å²) < 4.78 is 19.9. The molecule has 1 unspecified atom stereocenters. The first-order chi connectivity index (χ1) is 9.54. The third-order valence-corrected chi connectivity index (χ3v) is 3.98. The number of halogens is 2. The number of benzene rings is 2. The highest BCUT2D eigenvalue weighted by molar-refractivity contribution is 9.10. The van der Waals surface area contributed by atoms with Gasteiger partial charge in [-0.1, -0.05) is 28.1 Å². The van der Waals surface area contributed by atoms with Crippen molar-refractivity contribution in [2.24, 2.45) is 5.73 Å². The number of furan rings is 1. The zero-order chi connectivity index (χ0) is 14.3.